The molecule has 1 aromatic rings. The first kappa shape index (κ1) is 15.5. The van der Waals surface area contributed by atoms with Crippen LogP contribution in [0.3, 0.4) is 0 Å². The molecule has 1 saturated heterocycles. The zero-order valence-corrected chi connectivity index (χ0v) is 13.9. The van der Waals surface area contributed by atoms with E-state index in [4.69, 9.17) is 29.6 Å². The predicted octanol–water partition coefficient (Wildman–Crippen LogP) is 2.89. The molecule has 2 N–H and O–H groups in total. The molecule has 0 radical (unpaired) electrons. The lowest BCUT2D eigenvalue weighted by molar-refractivity contribution is 0.128. The first-order valence-corrected chi connectivity index (χ1v) is 7.67. The zero-order valence-electron chi connectivity index (χ0n) is 12.3. The van der Waals surface area contributed by atoms with Crippen molar-refractivity contribution >= 4 is 34.5 Å². The molecular weight excluding hydrogens is 290 g/mol. The van der Waals surface area contributed by atoms with Crippen molar-refractivity contribution in [2.75, 3.05) is 31.1 Å². The second kappa shape index (κ2) is 5.88. The Hall–Kier alpha value is -0.840. The SMILES string of the molecule is CC(C)(C)N1CCN(c2cccc(Cl)c2C(N)=S)CC1. The molecule has 0 atom stereocenters. The van der Waals surface area contributed by atoms with Gasteiger partial charge in [-0.15, -0.1) is 0 Å². The minimum atomic E-state index is 0.215. The summed E-state index contributed by atoms with van der Waals surface area (Å²) in [7, 11) is 0. The molecule has 0 aliphatic carbocycles. The van der Waals surface area contributed by atoms with E-state index in [2.05, 4.69) is 30.6 Å². The maximum absolute atomic E-state index is 6.24. The molecule has 0 aromatic heterocycles. The summed E-state index contributed by atoms with van der Waals surface area (Å²) in [5, 5.41) is 0.633. The van der Waals surface area contributed by atoms with Crippen molar-refractivity contribution in [1.82, 2.24) is 4.90 Å². The van der Waals surface area contributed by atoms with Crippen LogP contribution in [-0.4, -0.2) is 41.6 Å². The largest absolute Gasteiger partial charge is 0.389 e. The number of nitrogens with two attached hydrogens (primary N) is 1. The second-order valence-corrected chi connectivity index (χ2v) is 6.99. The molecule has 110 valence electrons. The summed E-state index contributed by atoms with van der Waals surface area (Å²) in [5.41, 5.74) is 7.90. The minimum Gasteiger partial charge on any atom is -0.389 e. The van der Waals surface area contributed by atoms with Gasteiger partial charge in [-0.1, -0.05) is 29.9 Å². The van der Waals surface area contributed by atoms with Crippen molar-refractivity contribution in [3.05, 3.63) is 28.8 Å². The fraction of sp³-hybridized carbons (Fsp3) is 0.533. The predicted molar refractivity (Wildman–Crippen MR) is 90.9 cm³/mol. The molecule has 1 aliphatic heterocycles. The molecule has 1 aliphatic rings. The molecule has 0 amide bonds. The number of anilines is 1. The molecule has 20 heavy (non-hydrogen) atoms. The third kappa shape index (κ3) is 3.25. The van der Waals surface area contributed by atoms with E-state index in [1.165, 1.54) is 0 Å². The van der Waals surface area contributed by atoms with Crippen molar-refractivity contribution in [3.8, 4) is 0 Å². The molecular formula is C15H22ClN3S. The Kier molecular flexibility index (Phi) is 4.57. The first-order chi connectivity index (χ1) is 9.30. The molecule has 1 fully saturated rings. The van der Waals surface area contributed by atoms with Crippen LogP contribution in [0.4, 0.5) is 5.69 Å². The maximum Gasteiger partial charge on any atom is 0.107 e. The Bertz CT molecular complexity index is 502. The van der Waals surface area contributed by atoms with Gasteiger partial charge >= 0.3 is 0 Å². The lowest BCUT2D eigenvalue weighted by atomic mass is 10.0. The van der Waals surface area contributed by atoms with Crippen LogP contribution in [-0.2, 0) is 0 Å². The number of hydrogen-bond donors (Lipinski definition) is 1. The monoisotopic (exact) mass is 311 g/mol. The summed E-state index contributed by atoms with van der Waals surface area (Å²) in [4.78, 5) is 5.18. The highest BCUT2D eigenvalue weighted by atomic mass is 35.5. The van der Waals surface area contributed by atoms with Crippen molar-refractivity contribution in [2.45, 2.75) is 26.3 Å². The number of hydrogen-bond acceptors (Lipinski definition) is 3. The number of rotatable bonds is 2. The fourth-order valence-corrected chi connectivity index (χ4v) is 3.18. The van der Waals surface area contributed by atoms with Crippen LogP contribution in [0.5, 0.6) is 0 Å². The summed E-state index contributed by atoms with van der Waals surface area (Å²) in [5.74, 6) is 0. The highest BCUT2D eigenvalue weighted by Crippen LogP contribution is 2.29. The lowest BCUT2D eigenvalue weighted by Crippen LogP contribution is -2.53. The quantitative estimate of drug-likeness (QED) is 0.851. The molecule has 0 unspecified atom stereocenters. The molecule has 0 bridgehead atoms. The van der Waals surface area contributed by atoms with Gasteiger partial charge in [0.25, 0.3) is 0 Å². The van der Waals surface area contributed by atoms with Gasteiger partial charge in [-0.05, 0) is 32.9 Å². The summed E-state index contributed by atoms with van der Waals surface area (Å²) >= 11 is 11.4. The number of halogens is 1. The van der Waals surface area contributed by atoms with Gasteiger partial charge in [-0.25, -0.2) is 0 Å². The second-order valence-electron chi connectivity index (χ2n) is 6.14. The molecule has 0 saturated carbocycles. The average Bonchev–Trinajstić information content (AvgIpc) is 2.37. The van der Waals surface area contributed by atoms with Crippen LogP contribution in [0.1, 0.15) is 26.3 Å². The summed E-state index contributed by atoms with van der Waals surface area (Å²) in [6.45, 7) is 10.8. The van der Waals surface area contributed by atoms with Crippen LogP contribution < -0.4 is 10.6 Å². The van der Waals surface area contributed by atoms with Crippen LogP contribution in [0.15, 0.2) is 18.2 Å². The lowest BCUT2D eigenvalue weighted by Gasteiger charge is -2.43. The Balaban J connectivity index is 2.19. The number of piperazine rings is 1. The number of thiocarbonyl (C=S) groups is 1. The van der Waals surface area contributed by atoms with Gasteiger partial charge in [0.2, 0.25) is 0 Å². The molecule has 5 heteroatoms. The van der Waals surface area contributed by atoms with Crippen molar-refractivity contribution in [3.63, 3.8) is 0 Å². The van der Waals surface area contributed by atoms with E-state index in [9.17, 15) is 0 Å². The van der Waals surface area contributed by atoms with Crippen LogP contribution in [0.2, 0.25) is 5.02 Å². The summed E-state index contributed by atoms with van der Waals surface area (Å²) in [6.07, 6.45) is 0. The maximum atomic E-state index is 6.24. The van der Waals surface area contributed by atoms with E-state index >= 15 is 0 Å². The van der Waals surface area contributed by atoms with Gasteiger partial charge in [-0.3, -0.25) is 4.90 Å². The Morgan fingerprint density at radius 1 is 1.20 bits per heavy atom. The summed E-state index contributed by atoms with van der Waals surface area (Å²) in [6, 6.07) is 5.84. The van der Waals surface area contributed by atoms with Gasteiger partial charge in [0, 0.05) is 37.4 Å². The van der Waals surface area contributed by atoms with E-state index < -0.39 is 0 Å². The number of nitrogens with zero attached hydrogens (tertiary/aromatic N) is 2. The third-order valence-electron chi connectivity index (χ3n) is 3.81. The summed E-state index contributed by atoms with van der Waals surface area (Å²) < 4.78 is 0. The van der Waals surface area contributed by atoms with E-state index in [1.807, 2.05) is 18.2 Å². The third-order valence-corrected chi connectivity index (χ3v) is 4.33. The van der Waals surface area contributed by atoms with Crippen molar-refractivity contribution < 1.29 is 0 Å². The van der Waals surface area contributed by atoms with Crippen LogP contribution in [0.25, 0.3) is 0 Å². The van der Waals surface area contributed by atoms with Crippen LogP contribution >= 0.6 is 23.8 Å². The molecule has 1 heterocycles. The zero-order chi connectivity index (χ0) is 14.9. The van der Waals surface area contributed by atoms with Gasteiger partial charge in [-0.2, -0.15) is 0 Å². The highest BCUT2D eigenvalue weighted by molar-refractivity contribution is 7.80. The highest BCUT2D eigenvalue weighted by Gasteiger charge is 2.27. The smallest absolute Gasteiger partial charge is 0.107 e. The van der Waals surface area contributed by atoms with Gasteiger partial charge in [0.15, 0.2) is 0 Å². The van der Waals surface area contributed by atoms with Gasteiger partial charge < -0.3 is 10.6 Å². The standard InChI is InChI=1S/C15H22ClN3S/c1-15(2,3)19-9-7-18(8-10-19)12-6-4-5-11(16)13(12)14(17)20/h4-6H,7-10H2,1-3H3,(H2,17,20). The average molecular weight is 312 g/mol. The van der Waals surface area contributed by atoms with Crippen molar-refractivity contribution in [1.29, 1.82) is 0 Å². The van der Waals surface area contributed by atoms with Gasteiger partial charge in [0.1, 0.15) is 4.99 Å². The Labute approximate surface area is 131 Å². The minimum absolute atomic E-state index is 0.215. The normalized spacial score (nSPS) is 17.3. The van der Waals surface area contributed by atoms with E-state index in [1.54, 1.807) is 0 Å². The molecule has 2 rings (SSSR count). The molecule has 1 aromatic carbocycles. The Morgan fingerprint density at radius 3 is 2.30 bits per heavy atom. The molecule has 0 spiro atoms. The first-order valence-electron chi connectivity index (χ1n) is 6.89. The fourth-order valence-electron chi connectivity index (χ4n) is 2.64. The number of benzene rings is 1. The van der Waals surface area contributed by atoms with Crippen LogP contribution in [0, 0.1) is 0 Å². The molecule has 3 nitrogen and oxygen atoms in total. The Morgan fingerprint density at radius 2 is 1.80 bits per heavy atom. The van der Waals surface area contributed by atoms with E-state index in [-0.39, 0.29) is 5.54 Å². The van der Waals surface area contributed by atoms with E-state index in [0.29, 0.717) is 10.0 Å². The van der Waals surface area contributed by atoms with E-state index in [0.717, 1.165) is 37.4 Å². The van der Waals surface area contributed by atoms with Crippen molar-refractivity contribution in [2.24, 2.45) is 5.73 Å². The van der Waals surface area contributed by atoms with Gasteiger partial charge in [0.05, 0.1) is 10.6 Å². The topological polar surface area (TPSA) is 32.5 Å².